The zero-order valence-corrected chi connectivity index (χ0v) is 20.6. The van der Waals surface area contributed by atoms with Crippen molar-refractivity contribution in [2.24, 2.45) is 11.3 Å². The van der Waals surface area contributed by atoms with Gasteiger partial charge < -0.3 is 19.8 Å². The van der Waals surface area contributed by atoms with Crippen molar-refractivity contribution in [3.63, 3.8) is 0 Å². The zero-order chi connectivity index (χ0) is 24.0. The molecule has 4 rings (SSSR count). The third kappa shape index (κ3) is 5.72. The second kappa shape index (κ2) is 11.5. The first-order valence-electron chi connectivity index (χ1n) is 13.1. The fourth-order valence-corrected chi connectivity index (χ4v) is 6.05. The topological polar surface area (TPSA) is 82.9 Å². The molecule has 0 unspecified atom stereocenters. The third-order valence-corrected chi connectivity index (χ3v) is 8.37. The van der Waals surface area contributed by atoms with Crippen LogP contribution < -0.4 is 4.74 Å². The molecule has 0 spiro atoms. The molecule has 34 heavy (non-hydrogen) atoms. The molecule has 0 amide bonds. The van der Waals surface area contributed by atoms with Crippen LogP contribution in [0.4, 0.5) is 0 Å². The highest BCUT2D eigenvalue weighted by Crippen LogP contribution is 2.38. The number of pyridine rings is 1. The van der Waals surface area contributed by atoms with Gasteiger partial charge in [0.1, 0.15) is 5.75 Å². The minimum absolute atomic E-state index is 0.0739. The summed E-state index contributed by atoms with van der Waals surface area (Å²) in [6.45, 7) is 2.81. The summed E-state index contributed by atoms with van der Waals surface area (Å²) in [4.78, 5) is 19.3. The molecule has 186 valence electrons. The van der Waals surface area contributed by atoms with Crippen LogP contribution in [0.5, 0.6) is 5.75 Å². The maximum Gasteiger partial charge on any atom is 0.309 e. The van der Waals surface area contributed by atoms with Crippen molar-refractivity contribution in [1.82, 2.24) is 9.88 Å². The number of carbonyl (C=O) groups is 1. The number of ether oxygens (including phenoxy) is 1. The van der Waals surface area contributed by atoms with Crippen LogP contribution in [-0.2, 0) is 17.8 Å². The Hall–Kier alpha value is -2.18. The summed E-state index contributed by atoms with van der Waals surface area (Å²) < 4.78 is 5.39. The lowest BCUT2D eigenvalue weighted by Crippen LogP contribution is -2.45. The summed E-state index contributed by atoms with van der Waals surface area (Å²) in [5, 5.41) is 21.0. The molecule has 1 saturated heterocycles. The Bertz CT molecular complexity index is 957. The molecule has 1 saturated carbocycles. The number of aliphatic carboxylic acids is 1. The van der Waals surface area contributed by atoms with E-state index in [-0.39, 0.29) is 6.61 Å². The molecular formula is C28H40N2O4. The van der Waals surface area contributed by atoms with Crippen molar-refractivity contribution in [3.8, 4) is 5.75 Å². The number of methoxy groups -OCH3 is 1. The van der Waals surface area contributed by atoms with Gasteiger partial charge in [0.15, 0.2) is 0 Å². The Morgan fingerprint density at radius 1 is 1.21 bits per heavy atom. The number of likely N-dealkylation sites (tertiary alicyclic amines) is 1. The first-order valence-corrected chi connectivity index (χ1v) is 13.1. The molecule has 2 heterocycles. The van der Waals surface area contributed by atoms with Crippen molar-refractivity contribution in [2.75, 3.05) is 26.7 Å². The van der Waals surface area contributed by atoms with Gasteiger partial charge in [-0.15, -0.1) is 0 Å². The number of hydrogen-bond donors (Lipinski definition) is 2. The number of piperidine rings is 1. The zero-order valence-electron chi connectivity index (χ0n) is 20.6. The maximum absolute atomic E-state index is 12.4. The molecule has 1 aliphatic carbocycles. The van der Waals surface area contributed by atoms with Crippen LogP contribution in [0, 0.1) is 11.3 Å². The van der Waals surface area contributed by atoms with E-state index in [1.54, 1.807) is 13.3 Å². The van der Waals surface area contributed by atoms with E-state index in [0.717, 1.165) is 79.0 Å². The predicted molar refractivity (Wildman–Crippen MR) is 134 cm³/mol. The van der Waals surface area contributed by atoms with Gasteiger partial charge in [0.05, 0.1) is 24.6 Å². The number of aliphatic hydroxyl groups is 1. The number of aryl methyl sites for hydroxylation is 1. The van der Waals surface area contributed by atoms with Crippen molar-refractivity contribution < 1.29 is 19.7 Å². The van der Waals surface area contributed by atoms with Crippen LogP contribution in [0.15, 0.2) is 24.4 Å². The summed E-state index contributed by atoms with van der Waals surface area (Å²) in [5.41, 5.74) is 2.09. The molecular weight excluding hydrogens is 428 g/mol. The molecule has 2 fully saturated rings. The van der Waals surface area contributed by atoms with Crippen molar-refractivity contribution in [3.05, 3.63) is 35.5 Å². The van der Waals surface area contributed by atoms with Gasteiger partial charge in [-0.2, -0.15) is 0 Å². The first-order chi connectivity index (χ1) is 16.5. The number of carboxylic acids is 1. The number of hydrogen-bond acceptors (Lipinski definition) is 5. The molecule has 1 aromatic heterocycles. The average molecular weight is 469 g/mol. The van der Waals surface area contributed by atoms with E-state index < -0.39 is 11.4 Å². The van der Waals surface area contributed by atoms with Gasteiger partial charge in [0.2, 0.25) is 0 Å². The Morgan fingerprint density at radius 3 is 2.65 bits per heavy atom. The minimum Gasteiger partial charge on any atom is -0.497 e. The molecule has 1 aliphatic heterocycles. The van der Waals surface area contributed by atoms with E-state index >= 15 is 0 Å². The lowest BCUT2D eigenvalue weighted by atomic mass is 9.74. The van der Waals surface area contributed by atoms with E-state index in [1.807, 2.05) is 18.2 Å². The molecule has 6 nitrogen and oxygen atoms in total. The monoisotopic (exact) mass is 468 g/mol. The molecule has 1 aromatic carbocycles. The van der Waals surface area contributed by atoms with E-state index in [2.05, 4.69) is 9.88 Å². The van der Waals surface area contributed by atoms with E-state index in [1.165, 1.54) is 38.5 Å². The smallest absolute Gasteiger partial charge is 0.309 e. The van der Waals surface area contributed by atoms with Gasteiger partial charge in [-0.3, -0.25) is 9.78 Å². The first kappa shape index (κ1) is 24.9. The lowest BCUT2D eigenvalue weighted by Gasteiger charge is -2.39. The van der Waals surface area contributed by atoms with Gasteiger partial charge in [-0.25, -0.2) is 0 Å². The number of rotatable bonds is 10. The number of aromatic nitrogens is 1. The summed E-state index contributed by atoms with van der Waals surface area (Å²) in [6.07, 6.45) is 13.5. The standard InChI is InChI=1S/C28H40N2O4/c1-34-23-9-10-26-25(18-23)24(22(20-31)19-29-26)8-5-12-28(27(32)33)13-16-30(17-14-28)15-11-21-6-3-2-4-7-21/h9-10,18-19,21,31H,2-8,11-17,20H2,1H3,(H,32,33). The Labute approximate surface area is 203 Å². The molecule has 6 heteroatoms. The summed E-state index contributed by atoms with van der Waals surface area (Å²) >= 11 is 0. The number of aliphatic hydroxyl groups excluding tert-OH is 1. The predicted octanol–water partition coefficient (Wildman–Crippen LogP) is 5.20. The minimum atomic E-state index is -0.650. The molecule has 2 aromatic rings. The van der Waals surface area contributed by atoms with E-state index in [9.17, 15) is 15.0 Å². The van der Waals surface area contributed by atoms with Crippen LogP contribution in [0.2, 0.25) is 0 Å². The van der Waals surface area contributed by atoms with Crippen LogP contribution in [-0.4, -0.2) is 52.8 Å². The van der Waals surface area contributed by atoms with Crippen molar-refractivity contribution >= 4 is 16.9 Å². The second-order valence-electron chi connectivity index (χ2n) is 10.4. The SMILES string of the molecule is COc1ccc2ncc(CO)c(CCCC3(C(=O)O)CCN(CCC4CCCCC4)CC3)c2c1. The van der Waals surface area contributed by atoms with Crippen LogP contribution in [0.25, 0.3) is 10.9 Å². The molecule has 0 atom stereocenters. The quantitative estimate of drug-likeness (QED) is 0.499. The molecule has 2 N–H and O–H groups in total. The third-order valence-electron chi connectivity index (χ3n) is 8.37. The average Bonchev–Trinajstić information content (AvgIpc) is 2.88. The number of carboxylic acid groups (broad SMARTS) is 1. The van der Waals surface area contributed by atoms with Gasteiger partial charge in [-0.1, -0.05) is 32.1 Å². The highest BCUT2D eigenvalue weighted by atomic mass is 16.5. The van der Waals surface area contributed by atoms with Crippen molar-refractivity contribution in [1.29, 1.82) is 0 Å². The summed E-state index contributed by atoms with van der Waals surface area (Å²) in [6, 6.07) is 5.79. The van der Waals surface area contributed by atoms with Crippen LogP contribution in [0.1, 0.15) is 75.3 Å². The Morgan fingerprint density at radius 2 is 1.97 bits per heavy atom. The second-order valence-corrected chi connectivity index (χ2v) is 10.4. The normalized spacial score (nSPS) is 19.4. The summed E-state index contributed by atoms with van der Waals surface area (Å²) in [5.74, 6) is 0.978. The van der Waals surface area contributed by atoms with E-state index in [0.29, 0.717) is 6.42 Å². The van der Waals surface area contributed by atoms with E-state index in [4.69, 9.17) is 4.74 Å². The Balaban J connectivity index is 1.37. The van der Waals surface area contributed by atoms with Gasteiger partial charge >= 0.3 is 5.97 Å². The highest BCUT2D eigenvalue weighted by Gasteiger charge is 2.40. The molecule has 2 aliphatic rings. The van der Waals surface area contributed by atoms with Gasteiger partial charge in [0, 0.05) is 11.6 Å². The van der Waals surface area contributed by atoms with Gasteiger partial charge in [-0.05, 0) is 93.4 Å². The van der Waals surface area contributed by atoms with Crippen LogP contribution in [0.3, 0.4) is 0 Å². The highest BCUT2D eigenvalue weighted by molar-refractivity contribution is 5.84. The largest absolute Gasteiger partial charge is 0.497 e. The number of fused-ring (bicyclic) bond motifs is 1. The molecule has 0 bridgehead atoms. The molecule has 0 radical (unpaired) electrons. The number of benzene rings is 1. The maximum atomic E-state index is 12.4. The van der Waals surface area contributed by atoms with Gasteiger partial charge in [0.25, 0.3) is 0 Å². The fraction of sp³-hybridized carbons (Fsp3) is 0.643. The fourth-order valence-electron chi connectivity index (χ4n) is 6.05. The van der Waals surface area contributed by atoms with Crippen molar-refractivity contribution in [2.45, 2.75) is 77.2 Å². The Kier molecular flexibility index (Phi) is 8.43. The van der Waals surface area contributed by atoms with Crippen LogP contribution >= 0.6 is 0 Å². The summed E-state index contributed by atoms with van der Waals surface area (Å²) in [7, 11) is 1.64. The number of nitrogens with zero attached hydrogens (tertiary/aromatic N) is 2. The lowest BCUT2D eigenvalue weighted by molar-refractivity contribution is -0.152.